The molecule has 1 heterocycles. The van der Waals surface area contributed by atoms with Crippen LogP contribution in [-0.2, 0) is 14.3 Å². The number of carbonyl (C=O) groups is 1. The first kappa shape index (κ1) is 15.4. The Morgan fingerprint density at radius 2 is 2.00 bits per heavy atom. The molecule has 1 unspecified atom stereocenters. The highest BCUT2D eigenvalue weighted by molar-refractivity contribution is 5.77. The summed E-state index contributed by atoms with van der Waals surface area (Å²) in [6, 6.07) is 0.182. The van der Waals surface area contributed by atoms with Gasteiger partial charge in [-0.1, -0.05) is 6.42 Å². The van der Waals surface area contributed by atoms with Crippen LogP contribution < -0.4 is 5.32 Å². The summed E-state index contributed by atoms with van der Waals surface area (Å²) in [6.07, 6.45) is 3.90. The lowest BCUT2D eigenvalue weighted by Gasteiger charge is -2.29. The van der Waals surface area contributed by atoms with Gasteiger partial charge < -0.3 is 19.7 Å². The van der Waals surface area contributed by atoms with Crippen molar-refractivity contribution in [1.82, 2.24) is 10.2 Å². The molecule has 5 nitrogen and oxygen atoms in total. The molecule has 0 saturated carbocycles. The molecule has 1 N–H and O–H groups in total. The SMILES string of the molecule is COCCOCC(=O)NC(C)CN1CCCCC1. The van der Waals surface area contributed by atoms with Crippen molar-refractivity contribution in [3.63, 3.8) is 0 Å². The summed E-state index contributed by atoms with van der Waals surface area (Å²) in [5.74, 6) is -0.0457. The first-order valence-electron chi connectivity index (χ1n) is 6.80. The van der Waals surface area contributed by atoms with Crippen molar-refractivity contribution in [1.29, 1.82) is 0 Å². The van der Waals surface area contributed by atoms with Crippen molar-refractivity contribution in [2.24, 2.45) is 0 Å². The average Bonchev–Trinajstić information content (AvgIpc) is 2.35. The van der Waals surface area contributed by atoms with E-state index in [1.165, 1.54) is 19.3 Å². The Bertz CT molecular complexity index is 230. The molecule has 0 aromatic rings. The van der Waals surface area contributed by atoms with Crippen LogP contribution in [0, 0.1) is 0 Å². The summed E-state index contributed by atoms with van der Waals surface area (Å²) < 4.78 is 10.0. The van der Waals surface area contributed by atoms with E-state index in [1.54, 1.807) is 7.11 Å². The van der Waals surface area contributed by atoms with Gasteiger partial charge in [0.25, 0.3) is 0 Å². The zero-order chi connectivity index (χ0) is 13.2. The topological polar surface area (TPSA) is 50.8 Å². The van der Waals surface area contributed by atoms with E-state index in [-0.39, 0.29) is 18.6 Å². The molecule has 0 bridgehead atoms. The summed E-state index contributed by atoms with van der Waals surface area (Å²) in [5, 5.41) is 2.96. The van der Waals surface area contributed by atoms with E-state index in [9.17, 15) is 4.79 Å². The fraction of sp³-hybridized carbons (Fsp3) is 0.923. The largest absolute Gasteiger partial charge is 0.382 e. The van der Waals surface area contributed by atoms with Gasteiger partial charge in [-0.25, -0.2) is 0 Å². The number of carbonyl (C=O) groups excluding carboxylic acids is 1. The maximum Gasteiger partial charge on any atom is 0.246 e. The molecule has 0 aromatic carbocycles. The van der Waals surface area contributed by atoms with Crippen molar-refractivity contribution in [2.75, 3.05) is 46.6 Å². The van der Waals surface area contributed by atoms with Gasteiger partial charge in [-0.3, -0.25) is 4.79 Å². The number of methoxy groups -OCH3 is 1. The van der Waals surface area contributed by atoms with Gasteiger partial charge in [0.2, 0.25) is 5.91 Å². The summed E-state index contributed by atoms with van der Waals surface area (Å²) in [4.78, 5) is 14.0. The predicted molar refractivity (Wildman–Crippen MR) is 70.6 cm³/mol. The molecule has 0 spiro atoms. The van der Waals surface area contributed by atoms with Crippen LogP contribution in [0.25, 0.3) is 0 Å². The number of likely N-dealkylation sites (tertiary alicyclic amines) is 1. The fourth-order valence-electron chi connectivity index (χ4n) is 2.20. The second-order valence-electron chi connectivity index (χ2n) is 4.88. The van der Waals surface area contributed by atoms with Crippen molar-refractivity contribution in [3.8, 4) is 0 Å². The Morgan fingerprint density at radius 3 is 2.67 bits per heavy atom. The third-order valence-corrected chi connectivity index (χ3v) is 3.05. The number of hydrogen-bond donors (Lipinski definition) is 1. The number of ether oxygens (including phenoxy) is 2. The molecule has 1 rings (SSSR count). The highest BCUT2D eigenvalue weighted by Gasteiger charge is 2.14. The summed E-state index contributed by atoms with van der Waals surface area (Å²) >= 11 is 0. The quantitative estimate of drug-likeness (QED) is 0.649. The predicted octanol–water partition coefficient (Wildman–Crippen LogP) is 0.640. The number of nitrogens with one attached hydrogen (secondary N) is 1. The molecule has 1 amide bonds. The lowest BCUT2D eigenvalue weighted by atomic mass is 10.1. The van der Waals surface area contributed by atoms with E-state index in [0.29, 0.717) is 13.2 Å². The van der Waals surface area contributed by atoms with E-state index < -0.39 is 0 Å². The second-order valence-corrected chi connectivity index (χ2v) is 4.88. The van der Waals surface area contributed by atoms with Gasteiger partial charge in [0.15, 0.2) is 0 Å². The van der Waals surface area contributed by atoms with Crippen molar-refractivity contribution >= 4 is 5.91 Å². The van der Waals surface area contributed by atoms with Crippen LogP contribution in [0.15, 0.2) is 0 Å². The third kappa shape index (κ3) is 6.93. The zero-order valence-electron chi connectivity index (χ0n) is 11.6. The minimum atomic E-state index is -0.0457. The Labute approximate surface area is 110 Å². The van der Waals surface area contributed by atoms with Crippen LogP contribution in [0.5, 0.6) is 0 Å². The number of piperidine rings is 1. The first-order chi connectivity index (χ1) is 8.72. The lowest BCUT2D eigenvalue weighted by molar-refractivity contribution is -0.126. The summed E-state index contributed by atoms with van der Waals surface area (Å²) in [7, 11) is 1.62. The average molecular weight is 258 g/mol. The van der Waals surface area contributed by atoms with Crippen LogP contribution in [-0.4, -0.2) is 63.4 Å². The minimum absolute atomic E-state index is 0.0457. The van der Waals surface area contributed by atoms with Crippen LogP contribution in [0.1, 0.15) is 26.2 Å². The molecule has 0 aliphatic carbocycles. The van der Waals surface area contributed by atoms with E-state index in [1.807, 2.05) is 6.92 Å². The highest BCUT2D eigenvalue weighted by Crippen LogP contribution is 2.08. The van der Waals surface area contributed by atoms with E-state index >= 15 is 0 Å². The molecule has 0 aromatic heterocycles. The molecule has 1 aliphatic heterocycles. The summed E-state index contributed by atoms with van der Waals surface area (Å²) in [5.41, 5.74) is 0. The number of nitrogens with zero attached hydrogens (tertiary/aromatic N) is 1. The molecule has 18 heavy (non-hydrogen) atoms. The van der Waals surface area contributed by atoms with Crippen molar-refractivity contribution in [2.45, 2.75) is 32.2 Å². The monoisotopic (exact) mass is 258 g/mol. The molecule has 1 aliphatic rings. The molecular formula is C13H26N2O3. The second kappa shape index (κ2) is 9.30. The molecule has 5 heteroatoms. The normalized spacial score (nSPS) is 18.6. The van der Waals surface area contributed by atoms with Gasteiger partial charge in [0.1, 0.15) is 6.61 Å². The van der Waals surface area contributed by atoms with Gasteiger partial charge in [-0.05, 0) is 32.9 Å². The Balaban J connectivity index is 2.06. The van der Waals surface area contributed by atoms with Gasteiger partial charge in [-0.2, -0.15) is 0 Å². The molecule has 1 atom stereocenters. The maximum absolute atomic E-state index is 11.6. The third-order valence-electron chi connectivity index (χ3n) is 3.05. The highest BCUT2D eigenvalue weighted by atomic mass is 16.5. The minimum Gasteiger partial charge on any atom is -0.382 e. The molecule has 1 saturated heterocycles. The van der Waals surface area contributed by atoms with E-state index in [4.69, 9.17) is 9.47 Å². The fourth-order valence-corrected chi connectivity index (χ4v) is 2.20. The maximum atomic E-state index is 11.6. The van der Waals surface area contributed by atoms with Crippen LogP contribution >= 0.6 is 0 Å². The van der Waals surface area contributed by atoms with Gasteiger partial charge in [0, 0.05) is 19.7 Å². The summed E-state index contributed by atoms with van der Waals surface area (Å²) in [6.45, 7) is 6.40. The first-order valence-corrected chi connectivity index (χ1v) is 6.80. The smallest absolute Gasteiger partial charge is 0.246 e. The molecule has 0 radical (unpaired) electrons. The van der Waals surface area contributed by atoms with Crippen molar-refractivity contribution in [3.05, 3.63) is 0 Å². The van der Waals surface area contributed by atoms with Crippen LogP contribution in [0.4, 0.5) is 0 Å². The Kier molecular flexibility index (Phi) is 7.96. The molecule has 1 fully saturated rings. The van der Waals surface area contributed by atoms with Gasteiger partial charge in [-0.15, -0.1) is 0 Å². The standard InChI is InChI=1S/C13H26N2O3/c1-12(10-15-6-4-3-5-7-15)14-13(16)11-18-9-8-17-2/h12H,3-11H2,1-2H3,(H,14,16). The Hall–Kier alpha value is -0.650. The number of amides is 1. The molecule has 106 valence electrons. The van der Waals surface area contributed by atoms with Crippen molar-refractivity contribution < 1.29 is 14.3 Å². The zero-order valence-corrected chi connectivity index (χ0v) is 11.6. The van der Waals surface area contributed by atoms with Gasteiger partial charge in [0.05, 0.1) is 13.2 Å². The number of hydrogen-bond acceptors (Lipinski definition) is 4. The van der Waals surface area contributed by atoms with E-state index in [0.717, 1.165) is 19.6 Å². The van der Waals surface area contributed by atoms with Crippen LogP contribution in [0.3, 0.4) is 0 Å². The lowest BCUT2D eigenvalue weighted by Crippen LogP contribution is -2.44. The van der Waals surface area contributed by atoms with Crippen LogP contribution in [0.2, 0.25) is 0 Å². The number of rotatable bonds is 8. The van der Waals surface area contributed by atoms with E-state index in [2.05, 4.69) is 10.2 Å². The molecular weight excluding hydrogens is 232 g/mol. The van der Waals surface area contributed by atoms with Gasteiger partial charge >= 0.3 is 0 Å². The Morgan fingerprint density at radius 1 is 1.28 bits per heavy atom.